The summed E-state index contributed by atoms with van der Waals surface area (Å²) >= 11 is 0. The maximum Gasteiger partial charge on any atom is 0.0970 e. The highest BCUT2D eigenvalue weighted by Crippen LogP contribution is 2.23. The van der Waals surface area contributed by atoms with E-state index in [-0.39, 0.29) is 0 Å². The van der Waals surface area contributed by atoms with Gasteiger partial charge in [-0.3, -0.25) is 0 Å². The SMILES string of the molecule is CCCC[C]1CCCCO1. The molecule has 0 N–H and O–H groups in total. The Morgan fingerprint density at radius 1 is 1.40 bits per heavy atom. The van der Waals surface area contributed by atoms with E-state index in [1.165, 1.54) is 44.6 Å². The normalized spacial score (nSPS) is 21.3. The summed E-state index contributed by atoms with van der Waals surface area (Å²) in [6, 6.07) is 0. The second-order valence-corrected chi connectivity index (χ2v) is 2.95. The zero-order chi connectivity index (χ0) is 7.23. The summed E-state index contributed by atoms with van der Waals surface area (Å²) in [6.45, 7) is 3.20. The van der Waals surface area contributed by atoms with Crippen LogP contribution < -0.4 is 0 Å². The molecule has 1 rings (SSSR count). The monoisotopic (exact) mass is 141 g/mol. The van der Waals surface area contributed by atoms with Crippen molar-refractivity contribution in [1.82, 2.24) is 0 Å². The quantitative estimate of drug-likeness (QED) is 0.587. The summed E-state index contributed by atoms with van der Waals surface area (Å²) in [7, 11) is 0. The van der Waals surface area contributed by atoms with Gasteiger partial charge in [0.25, 0.3) is 0 Å². The van der Waals surface area contributed by atoms with E-state index < -0.39 is 0 Å². The van der Waals surface area contributed by atoms with Crippen molar-refractivity contribution >= 4 is 0 Å². The number of unbranched alkanes of at least 4 members (excludes halogenated alkanes) is 1. The van der Waals surface area contributed by atoms with Crippen LogP contribution in [0.25, 0.3) is 0 Å². The zero-order valence-electron chi connectivity index (χ0n) is 6.86. The fourth-order valence-electron chi connectivity index (χ4n) is 1.28. The van der Waals surface area contributed by atoms with E-state index in [1.807, 2.05) is 0 Å². The van der Waals surface area contributed by atoms with Crippen molar-refractivity contribution in [3.63, 3.8) is 0 Å². The molecule has 0 aromatic rings. The Bertz CT molecular complexity index is 74.8. The van der Waals surface area contributed by atoms with Crippen LogP contribution in [-0.4, -0.2) is 6.61 Å². The van der Waals surface area contributed by atoms with E-state index in [0.29, 0.717) is 0 Å². The highest BCUT2D eigenvalue weighted by atomic mass is 16.5. The first-order valence-electron chi connectivity index (χ1n) is 4.41. The van der Waals surface area contributed by atoms with Crippen molar-refractivity contribution in [3.8, 4) is 0 Å². The summed E-state index contributed by atoms with van der Waals surface area (Å²) in [6.07, 6.45) is 8.97. The number of hydrogen-bond donors (Lipinski definition) is 0. The van der Waals surface area contributed by atoms with Gasteiger partial charge >= 0.3 is 0 Å². The second-order valence-electron chi connectivity index (χ2n) is 2.95. The van der Waals surface area contributed by atoms with Crippen LogP contribution in [0, 0.1) is 6.10 Å². The molecule has 1 aliphatic heterocycles. The van der Waals surface area contributed by atoms with Crippen LogP contribution in [0.3, 0.4) is 0 Å². The lowest BCUT2D eigenvalue weighted by Crippen LogP contribution is -2.10. The van der Waals surface area contributed by atoms with E-state index in [4.69, 9.17) is 4.74 Å². The van der Waals surface area contributed by atoms with Gasteiger partial charge < -0.3 is 4.74 Å². The highest BCUT2D eigenvalue weighted by Gasteiger charge is 2.13. The molecule has 10 heavy (non-hydrogen) atoms. The first-order chi connectivity index (χ1) is 4.93. The molecule has 0 aromatic heterocycles. The average molecular weight is 141 g/mol. The fourth-order valence-corrected chi connectivity index (χ4v) is 1.28. The van der Waals surface area contributed by atoms with Gasteiger partial charge in [0, 0.05) is 6.61 Å². The van der Waals surface area contributed by atoms with Crippen LogP contribution in [0.15, 0.2) is 0 Å². The Kier molecular flexibility index (Phi) is 3.81. The second kappa shape index (κ2) is 4.73. The van der Waals surface area contributed by atoms with Gasteiger partial charge in [-0.05, 0) is 25.7 Å². The molecule has 0 aliphatic carbocycles. The molecule has 0 atom stereocenters. The van der Waals surface area contributed by atoms with E-state index in [0.717, 1.165) is 6.61 Å². The van der Waals surface area contributed by atoms with Crippen molar-refractivity contribution in [2.45, 2.75) is 45.4 Å². The maximum absolute atomic E-state index is 5.50. The minimum atomic E-state index is 0.971. The predicted molar refractivity (Wildman–Crippen MR) is 42.6 cm³/mol. The third-order valence-electron chi connectivity index (χ3n) is 1.97. The predicted octanol–water partition coefficient (Wildman–Crippen LogP) is 2.91. The van der Waals surface area contributed by atoms with Gasteiger partial charge in [0.1, 0.15) is 0 Å². The van der Waals surface area contributed by atoms with Crippen LogP contribution >= 0.6 is 0 Å². The van der Waals surface area contributed by atoms with Crippen molar-refractivity contribution in [2.24, 2.45) is 0 Å². The smallest absolute Gasteiger partial charge is 0.0970 e. The highest BCUT2D eigenvalue weighted by molar-refractivity contribution is 4.80. The van der Waals surface area contributed by atoms with Gasteiger partial charge in [0.05, 0.1) is 6.10 Å². The summed E-state index contributed by atoms with van der Waals surface area (Å²) in [4.78, 5) is 0. The Morgan fingerprint density at radius 2 is 2.30 bits per heavy atom. The molecule has 0 saturated carbocycles. The van der Waals surface area contributed by atoms with Gasteiger partial charge in [-0.25, -0.2) is 0 Å². The van der Waals surface area contributed by atoms with Crippen LogP contribution in [0.2, 0.25) is 0 Å². The molecule has 0 bridgehead atoms. The molecule has 1 heterocycles. The number of hydrogen-bond acceptors (Lipinski definition) is 1. The van der Waals surface area contributed by atoms with Gasteiger partial charge in [0.15, 0.2) is 0 Å². The molecule has 1 nitrogen and oxygen atoms in total. The lowest BCUT2D eigenvalue weighted by atomic mass is 10.0. The minimum absolute atomic E-state index is 0.971. The molecule has 0 aromatic carbocycles. The Labute approximate surface area is 63.8 Å². The van der Waals surface area contributed by atoms with E-state index in [1.54, 1.807) is 0 Å². The van der Waals surface area contributed by atoms with E-state index >= 15 is 0 Å². The molecule has 1 saturated heterocycles. The van der Waals surface area contributed by atoms with Crippen LogP contribution in [0.4, 0.5) is 0 Å². The Balaban J connectivity index is 2.02. The van der Waals surface area contributed by atoms with Gasteiger partial charge in [-0.1, -0.05) is 19.8 Å². The first kappa shape index (κ1) is 8.06. The molecule has 1 radical (unpaired) electrons. The topological polar surface area (TPSA) is 9.23 Å². The molecule has 59 valence electrons. The molecular weight excluding hydrogens is 124 g/mol. The standard InChI is InChI=1S/C9H17O/c1-2-3-6-9-7-4-5-8-10-9/h2-8H2,1H3. The van der Waals surface area contributed by atoms with Gasteiger partial charge in [-0.2, -0.15) is 0 Å². The molecule has 1 heteroatoms. The minimum Gasteiger partial charge on any atom is -0.372 e. The van der Waals surface area contributed by atoms with Crippen molar-refractivity contribution in [2.75, 3.05) is 6.61 Å². The van der Waals surface area contributed by atoms with Gasteiger partial charge in [-0.15, -0.1) is 0 Å². The maximum atomic E-state index is 5.50. The number of ether oxygens (including phenoxy) is 1. The lowest BCUT2D eigenvalue weighted by Gasteiger charge is -2.20. The van der Waals surface area contributed by atoms with Crippen LogP contribution in [0.5, 0.6) is 0 Å². The summed E-state index contributed by atoms with van der Waals surface area (Å²) < 4.78 is 5.50. The van der Waals surface area contributed by atoms with Gasteiger partial charge in [0.2, 0.25) is 0 Å². The van der Waals surface area contributed by atoms with Crippen LogP contribution in [-0.2, 0) is 4.74 Å². The largest absolute Gasteiger partial charge is 0.372 e. The van der Waals surface area contributed by atoms with Crippen LogP contribution in [0.1, 0.15) is 45.4 Å². The average Bonchev–Trinajstić information content (AvgIpc) is 2.03. The summed E-state index contributed by atoms with van der Waals surface area (Å²) in [5, 5.41) is 0. The third kappa shape index (κ3) is 2.70. The van der Waals surface area contributed by atoms with E-state index in [9.17, 15) is 0 Å². The molecule has 0 spiro atoms. The Hall–Kier alpha value is -0.0400. The molecule has 0 amide bonds. The molecule has 1 fully saturated rings. The molecular formula is C9H17O. The summed E-state index contributed by atoms with van der Waals surface area (Å²) in [5.74, 6) is 0. The number of rotatable bonds is 3. The Morgan fingerprint density at radius 3 is 2.90 bits per heavy atom. The van der Waals surface area contributed by atoms with E-state index in [2.05, 4.69) is 6.92 Å². The third-order valence-corrected chi connectivity index (χ3v) is 1.97. The first-order valence-corrected chi connectivity index (χ1v) is 4.41. The zero-order valence-corrected chi connectivity index (χ0v) is 6.86. The molecule has 1 aliphatic rings. The van der Waals surface area contributed by atoms with Crippen molar-refractivity contribution in [3.05, 3.63) is 6.10 Å². The molecule has 0 unspecified atom stereocenters. The lowest BCUT2D eigenvalue weighted by molar-refractivity contribution is 0.0915. The fraction of sp³-hybridized carbons (Fsp3) is 0.889. The van der Waals surface area contributed by atoms with Crippen molar-refractivity contribution in [1.29, 1.82) is 0 Å². The summed E-state index contributed by atoms with van der Waals surface area (Å²) in [5.41, 5.74) is 0. The van der Waals surface area contributed by atoms with Crippen molar-refractivity contribution < 1.29 is 4.74 Å².